The second-order valence-electron chi connectivity index (χ2n) is 8.89. The van der Waals surface area contributed by atoms with Gasteiger partial charge in [0.05, 0.1) is 11.2 Å². The van der Waals surface area contributed by atoms with Gasteiger partial charge >= 0.3 is 0 Å². The van der Waals surface area contributed by atoms with Gasteiger partial charge in [-0.25, -0.2) is 31.3 Å². The third-order valence-corrected chi connectivity index (χ3v) is 8.08. The maximum absolute atomic E-state index is 15.0. The molecule has 0 unspecified atom stereocenters. The van der Waals surface area contributed by atoms with Crippen LogP contribution in [0.1, 0.15) is 43.3 Å². The van der Waals surface area contributed by atoms with Gasteiger partial charge in [0.25, 0.3) is 0 Å². The molecule has 0 radical (unpaired) electrons. The van der Waals surface area contributed by atoms with E-state index in [0.29, 0.717) is 30.8 Å². The van der Waals surface area contributed by atoms with Crippen LogP contribution in [0.2, 0.25) is 0 Å². The predicted octanol–water partition coefficient (Wildman–Crippen LogP) is 4.62. The molecule has 3 aromatic rings. The third-order valence-electron chi connectivity index (χ3n) is 6.63. The summed E-state index contributed by atoms with van der Waals surface area (Å²) in [7, 11) is -3.44. The highest BCUT2D eigenvalue weighted by Gasteiger charge is 2.46. The Morgan fingerprint density at radius 2 is 1.97 bits per heavy atom. The predicted molar refractivity (Wildman–Crippen MR) is 118 cm³/mol. The molecule has 2 aliphatic rings. The lowest BCUT2D eigenvalue weighted by molar-refractivity contribution is 0.286. The van der Waals surface area contributed by atoms with Crippen molar-refractivity contribution in [1.82, 2.24) is 9.71 Å². The normalized spacial score (nSPS) is 22.1. The average Bonchev–Trinajstić information content (AvgIpc) is 3.42. The maximum Gasteiger partial charge on any atom is 0.211 e. The lowest BCUT2D eigenvalue weighted by Gasteiger charge is -2.27. The van der Waals surface area contributed by atoms with Crippen LogP contribution in [0.4, 0.5) is 13.2 Å². The van der Waals surface area contributed by atoms with Crippen LogP contribution in [-0.2, 0) is 28.5 Å². The zero-order chi connectivity index (χ0) is 24.1. The molecule has 2 heterocycles. The summed E-state index contributed by atoms with van der Waals surface area (Å²) in [6.07, 6.45) is 2.84. The van der Waals surface area contributed by atoms with Crippen LogP contribution in [0.15, 0.2) is 41.0 Å². The Morgan fingerprint density at radius 3 is 2.76 bits per heavy atom. The SMILES string of the molecule is CCS(=O)(=O)N[C@H]1CC[C@@]2(Cc3cc(c(F)cc3F)-c3cccc(F)c3OCc3coc2n3)C1. The topological polar surface area (TPSA) is 81.4 Å². The van der Waals surface area contributed by atoms with Crippen LogP contribution in [0.5, 0.6) is 5.75 Å². The van der Waals surface area contributed by atoms with E-state index >= 15 is 0 Å². The van der Waals surface area contributed by atoms with E-state index in [0.717, 1.165) is 6.07 Å². The number of hydrogen-bond acceptors (Lipinski definition) is 5. The van der Waals surface area contributed by atoms with Crippen LogP contribution in [0.25, 0.3) is 11.1 Å². The quantitative estimate of drug-likeness (QED) is 0.577. The van der Waals surface area contributed by atoms with Gasteiger partial charge in [-0.1, -0.05) is 12.1 Å². The molecule has 1 aromatic heterocycles. The monoisotopic (exact) mass is 492 g/mol. The van der Waals surface area contributed by atoms with Crippen molar-refractivity contribution in [2.24, 2.45) is 0 Å². The van der Waals surface area contributed by atoms with Crippen LogP contribution < -0.4 is 9.46 Å². The fourth-order valence-electron chi connectivity index (χ4n) is 4.93. The van der Waals surface area contributed by atoms with E-state index in [-0.39, 0.29) is 47.3 Å². The Balaban J connectivity index is 1.63. The molecule has 5 rings (SSSR count). The van der Waals surface area contributed by atoms with E-state index in [1.54, 1.807) is 6.92 Å². The highest BCUT2D eigenvalue weighted by atomic mass is 32.2. The summed E-state index contributed by atoms with van der Waals surface area (Å²) in [6, 6.07) is 5.92. The molecule has 1 spiro atoms. The van der Waals surface area contributed by atoms with Gasteiger partial charge in [0.1, 0.15) is 30.2 Å². The fourth-order valence-corrected chi connectivity index (χ4v) is 5.80. The number of ether oxygens (including phenoxy) is 1. The number of para-hydroxylation sites is 1. The molecular formula is C24H23F3N2O4S. The second-order valence-corrected chi connectivity index (χ2v) is 10.9. The number of rotatable bonds is 3. The van der Waals surface area contributed by atoms with Crippen LogP contribution >= 0.6 is 0 Å². The van der Waals surface area contributed by atoms with Crippen molar-refractivity contribution in [3.05, 3.63) is 71.2 Å². The molecule has 1 aliphatic carbocycles. The zero-order valence-corrected chi connectivity index (χ0v) is 19.2. The minimum absolute atomic E-state index is 0.0204. The molecule has 1 saturated carbocycles. The van der Waals surface area contributed by atoms with Crippen molar-refractivity contribution in [3.8, 4) is 16.9 Å². The number of hydrogen-bond donors (Lipinski definition) is 1. The molecule has 1 N–H and O–H groups in total. The molecule has 2 atom stereocenters. The fraction of sp³-hybridized carbons (Fsp3) is 0.375. The van der Waals surface area contributed by atoms with Crippen molar-refractivity contribution >= 4 is 10.0 Å². The first-order valence-electron chi connectivity index (χ1n) is 11.0. The van der Waals surface area contributed by atoms with Crippen molar-refractivity contribution in [1.29, 1.82) is 0 Å². The zero-order valence-electron chi connectivity index (χ0n) is 18.4. The molecule has 2 aromatic carbocycles. The Kier molecular flexibility index (Phi) is 5.68. The van der Waals surface area contributed by atoms with E-state index in [4.69, 9.17) is 9.15 Å². The minimum Gasteiger partial charge on any atom is -0.483 e. The van der Waals surface area contributed by atoms with E-state index in [9.17, 15) is 21.6 Å². The first-order valence-corrected chi connectivity index (χ1v) is 12.7. The number of nitrogens with zero attached hydrogens (tertiary/aromatic N) is 1. The number of sulfonamides is 1. The number of halogens is 3. The first kappa shape index (κ1) is 22.9. The van der Waals surface area contributed by atoms with Crippen molar-refractivity contribution < 1.29 is 30.7 Å². The van der Waals surface area contributed by atoms with Gasteiger partial charge in [0.15, 0.2) is 11.6 Å². The van der Waals surface area contributed by atoms with Gasteiger partial charge in [-0.3, -0.25) is 0 Å². The van der Waals surface area contributed by atoms with Gasteiger partial charge in [-0.05, 0) is 50.3 Å². The largest absolute Gasteiger partial charge is 0.483 e. The van der Waals surface area contributed by atoms with E-state index in [1.807, 2.05) is 0 Å². The molecular weight excluding hydrogens is 469 g/mol. The van der Waals surface area contributed by atoms with E-state index < -0.39 is 32.9 Å². The van der Waals surface area contributed by atoms with Crippen molar-refractivity contribution in [3.63, 3.8) is 0 Å². The summed E-state index contributed by atoms with van der Waals surface area (Å²) in [6.45, 7) is 1.44. The molecule has 180 valence electrons. The number of benzene rings is 2. The molecule has 4 bridgehead atoms. The van der Waals surface area contributed by atoms with Gasteiger partial charge in [0.2, 0.25) is 15.9 Å². The molecule has 0 saturated heterocycles. The minimum atomic E-state index is -3.44. The van der Waals surface area contributed by atoms with Gasteiger partial charge in [0, 0.05) is 23.2 Å². The smallest absolute Gasteiger partial charge is 0.211 e. The molecule has 1 aliphatic heterocycles. The number of aromatic nitrogens is 1. The second kappa shape index (κ2) is 8.42. The summed E-state index contributed by atoms with van der Waals surface area (Å²) < 4.78 is 82.9. The Labute approximate surface area is 195 Å². The maximum atomic E-state index is 15.0. The van der Waals surface area contributed by atoms with Crippen LogP contribution in [0.3, 0.4) is 0 Å². The number of nitrogens with one attached hydrogen (secondary N) is 1. The van der Waals surface area contributed by atoms with E-state index in [1.165, 1.54) is 30.5 Å². The third kappa shape index (κ3) is 4.09. The summed E-state index contributed by atoms with van der Waals surface area (Å²) in [5.41, 5.74) is -0.0274. The number of oxazole rings is 1. The first-order chi connectivity index (χ1) is 16.2. The lowest BCUT2D eigenvalue weighted by atomic mass is 9.79. The Hall–Kier alpha value is -2.85. The van der Waals surface area contributed by atoms with Crippen LogP contribution in [-0.4, -0.2) is 25.2 Å². The number of fused-ring (bicyclic) bond motifs is 7. The van der Waals surface area contributed by atoms with Gasteiger partial charge < -0.3 is 9.15 Å². The van der Waals surface area contributed by atoms with Crippen LogP contribution in [0, 0.1) is 17.5 Å². The lowest BCUT2D eigenvalue weighted by Crippen LogP contribution is -2.36. The van der Waals surface area contributed by atoms with Gasteiger partial charge in [-0.15, -0.1) is 0 Å². The average molecular weight is 493 g/mol. The summed E-state index contributed by atoms with van der Waals surface area (Å²) in [5, 5.41) is 0. The molecule has 1 fully saturated rings. The van der Waals surface area contributed by atoms with E-state index in [2.05, 4.69) is 9.71 Å². The summed E-state index contributed by atoms with van der Waals surface area (Å²) >= 11 is 0. The highest BCUT2D eigenvalue weighted by molar-refractivity contribution is 7.89. The summed E-state index contributed by atoms with van der Waals surface area (Å²) in [4.78, 5) is 4.53. The molecule has 6 nitrogen and oxygen atoms in total. The Bertz CT molecular complexity index is 1360. The van der Waals surface area contributed by atoms with Gasteiger partial charge in [-0.2, -0.15) is 0 Å². The summed E-state index contributed by atoms with van der Waals surface area (Å²) in [5.74, 6) is -2.15. The van der Waals surface area contributed by atoms with Crippen molar-refractivity contribution in [2.45, 2.75) is 50.7 Å². The highest BCUT2D eigenvalue weighted by Crippen LogP contribution is 2.45. The molecule has 0 amide bonds. The molecule has 10 heteroatoms. The Morgan fingerprint density at radius 1 is 1.15 bits per heavy atom. The standard InChI is InChI=1S/C24H23F3N2O4S/c1-2-34(30,31)29-15-6-7-24(11-15)10-14-8-18(21(27)9-20(14)26)17-4-3-5-19(25)22(17)32-12-16-13-33-23(24)28-16/h3-5,8-9,13,15,29H,2,6-7,10-12H2,1H3/t15-,24+/m0/s1. The molecule has 34 heavy (non-hydrogen) atoms. The van der Waals surface area contributed by atoms with Crippen molar-refractivity contribution in [2.75, 3.05) is 5.75 Å².